The quantitative estimate of drug-likeness (QED) is 0.783. The van der Waals surface area contributed by atoms with E-state index in [0.717, 1.165) is 10.5 Å². The molecule has 0 aliphatic carbocycles. The molecule has 1 saturated heterocycles. The molecule has 0 radical (unpaired) electrons. The van der Waals surface area contributed by atoms with Crippen molar-refractivity contribution in [1.29, 1.82) is 0 Å². The number of nitrogens with zero attached hydrogens (tertiary/aromatic N) is 1. The third-order valence-corrected chi connectivity index (χ3v) is 6.08. The molecule has 7 nitrogen and oxygen atoms in total. The van der Waals surface area contributed by atoms with Crippen LogP contribution in [0.2, 0.25) is 0 Å². The third kappa shape index (κ3) is 4.49. The van der Waals surface area contributed by atoms with E-state index in [0.29, 0.717) is 55.6 Å². The smallest absolute Gasteiger partial charge is 0.273 e. The Balaban J connectivity index is 1.43. The van der Waals surface area contributed by atoms with Crippen molar-refractivity contribution < 1.29 is 19.1 Å². The SMILES string of the molecule is CC(C)c1cc2n(c1)Sc1ccc(C(=O)NCCC3COCCO3)cc1NC2=O. The summed E-state index contributed by atoms with van der Waals surface area (Å²) in [4.78, 5) is 26.1. The fourth-order valence-electron chi connectivity index (χ4n) is 3.31. The lowest BCUT2D eigenvalue weighted by Gasteiger charge is -2.22. The number of amides is 2. The molecule has 2 amide bonds. The van der Waals surface area contributed by atoms with Gasteiger partial charge in [0.1, 0.15) is 5.69 Å². The van der Waals surface area contributed by atoms with Crippen molar-refractivity contribution >= 4 is 29.4 Å². The second kappa shape index (κ2) is 8.61. The van der Waals surface area contributed by atoms with Crippen molar-refractivity contribution in [3.63, 3.8) is 0 Å². The van der Waals surface area contributed by atoms with Gasteiger partial charge in [0.05, 0.1) is 36.5 Å². The average molecular weight is 416 g/mol. The van der Waals surface area contributed by atoms with Crippen LogP contribution >= 0.6 is 11.9 Å². The minimum Gasteiger partial charge on any atom is -0.376 e. The summed E-state index contributed by atoms with van der Waals surface area (Å²) in [6.07, 6.45) is 2.73. The number of hydrogen-bond acceptors (Lipinski definition) is 5. The number of hydrogen-bond donors (Lipinski definition) is 2. The van der Waals surface area contributed by atoms with E-state index < -0.39 is 0 Å². The number of carbonyl (C=O) groups is 2. The molecule has 1 aromatic heterocycles. The first-order valence-corrected chi connectivity index (χ1v) is 10.6. The molecule has 0 bridgehead atoms. The number of aromatic nitrogens is 1. The Morgan fingerprint density at radius 2 is 2.21 bits per heavy atom. The lowest BCUT2D eigenvalue weighted by atomic mass is 10.1. The monoisotopic (exact) mass is 415 g/mol. The first-order valence-electron chi connectivity index (χ1n) is 9.85. The highest BCUT2D eigenvalue weighted by Gasteiger charge is 2.23. The number of ether oxygens (including phenoxy) is 2. The minimum absolute atomic E-state index is 0.0253. The van der Waals surface area contributed by atoms with Crippen LogP contribution in [0.25, 0.3) is 0 Å². The molecule has 1 fully saturated rings. The van der Waals surface area contributed by atoms with Crippen molar-refractivity contribution in [2.75, 3.05) is 31.7 Å². The van der Waals surface area contributed by atoms with Gasteiger partial charge in [-0.05, 0) is 54.1 Å². The lowest BCUT2D eigenvalue weighted by molar-refractivity contribution is -0.0899. The molecular weight excluding hydrogens is 390 g/mol. The maximum atomic E-state index is 12.7. The van der Waals surface area contributed by atoms with Gasteiger partial charge in [-0.15, -0.1) is 0 Å². The number of nitrogens with one attached hydrogen (secondary N) is 2. The third-order valence-electron chi connectivity index (χ3n) is 5.03. The highest BCUT2D eigenvalue weighted by atomic mass is 32.2. The molecule has 1 atom stereocenters. The Kier molecular flexibility index (Phi) is 5.94. The molecule has 1 aromatic carbocycles. The molecule has 8 heteroatoms. The molecule has 3 heterocycles. The van der Waals surface area contributed by atoms with Crippen LogP contribution in [0.1, 0.15) is 52.6 Å². The Labute approximate surface area is 174 Å². The zero-order valence-electron chi connectivity index (χ0n) is 16.6. The second-order valence-corrected chi connectivity index (χ2v) is 8.52. The van der Waals surface area contributed by atoms with Crippen LogP contribution in [0.15, 0.2) is 35.4 Å². The van der Waals surface area contributed by atoms with Crippen molar-refractivity contribution in [2.45, 2.75) is 37.2 Å². The summed E-state index contributed by atoms with van der Waals surface area (Å²) >= 11 is 1.47. The predicted octanol–water partition coefficient (Wildman–Crippen LogP) is 3.27. The first kappa shape index (κ1) is 20.0. The number of benzene rings is 1. The van der Waals surface area contributed by atoms with E-state index in [4.69, 9.17) is 9.47 Å². The average Bonchev–Trinajstić information content (AvgIpc) is 3.09. The number of carbonyl (C=O) groups excluding carboxylic acids is 2. The normalized spacial score (nSPS) is 18.6. The molecule has 1 unspecified atom stereocenters. The maximum Gasteiger partial charge on any atom is 0.273 e. The van der Waals surface area contributed by atoms with E-state index in [1.165, 1.54) is 11.9 Å². The predicted molar refractivity (Wildman–Crippen MR) is 112 cm³/mol. The number of fused-ring (bicyclic) bond motifs is 2. The van der Waals surface area contributed by atoms with Crippen LogP contribution in [0.3, 0.4) is 0 Å². The van der Waals surface area contributed by atoms with Crippen LogP contribution < -0.4 is 10.6 Å². The molecule has 0 saturated carbocycles. The lowest BCUT2D eigenvalue weighted by Crippen LogP contribution is -2.33. The van der Waals surface area contributed by atoms with Gasteiger partial charge < -0.3 is 20.1 Å². The highest BCUT2D eigenvalue weighted by molar-refractivity contribution is 7.98. The van der Waals surface area contributed by atoms with E-state index in [1.54, 1.807) is 12.1 Å². The zero-order valence-corrected chi connectivity index (χ0v) is 17.4. The molecular formula is C21H25N3O4S. The van der Waals surface area contributed by atoms with E-state index in [9.17, 15) is 9.59 Å². The van der Waals surface area contributed by atoms with Crippen LogP contribution in [-0.4, -0.2) is 48.3 Å². The number of rotatable bonds is 5. The maximum absolute atomic E-state index is 12.7. The fourth-order valence-corrected chi connectivity index (χ4v) is 4.27. The van der Waals surface area contributed by atoms with Crippen LogP contribution in [0.5, 0.6) is 0 Å². The molecule has 0 spiro atoms. The Hall–Kier alpha value is -2.29. The van der Waals surface area contributed by atoms with E-state index in [-0.39, 0.29) is 17.9 Å². The van der Waals surface area contributed by atoms with Crippen molar-refractivity contribution in [1.82, 2.24) is 9.29 Å². The van der Waals surface area contributed by atoms with Crippen molar-refractivity contribution in [2.24, 2.45) is 0 Å². The Morgan fingerprint density at radius 1 is 1.34 bits per heavy atom. The summed E-state index contributed by atoms with van der Waals surface area (Å²) in [6, 6.07) is 7.30. The van der Waals surface area contributed by atoms with Crippen LogP contribution in [0.4, 0.5) is 5.69 Å². The van der Waals surface area contributed by atoms with Crippen LogP contribution in [-0.2, 0) is 9.47 Å². The summed E-state index contributed by atoms with van der Waals surface area (Å²) < 4.78 is 12.8. The van der Waals surface area contributed by atoms with Gasteiger partial charge in [-0.3, -0.25) is 13.6 Å². The van der Waals surface area contributed by atoms with Gasteiger partial charge >= 0.3 is 0 Å². The van der Waals surface area contributed by atoms with Crippen molar-refractivity contribution in [3.05, 3.63) is 47.3 Å². The fraction of sp³-hybridized carbons (Fsp3) is 0.429. The first-order chi connectivity index (χ1) is 14.0. The molecule has 2 aliphatic heterocycles. The Morgan fingerprint density at radius 3 is 2.97 bits per heavy atom. The molecule has 4 rings (SSSR count). The van der Waals surface area contributed by atoms with Gasteiger partial charge in [0, 0.05) is 18.3 Å². The summed E-state index contributed by atoms with van der Waals surface area (Å²) in [5.74, 6) is 0.00354. The molecule has 29 heavy (non-hydrogen) atoms. The molecule has 2 N–H and O–H groups in total. The van der Waals surface area contributed by atoms with E-state index in [1.807, 2.05) is 22.3 Å². The largest absolute Gasteiger partial charge is 0.376 e. The van der Waals surface area contributed by atoms with Crippen LogP contribution in [0, 0.1) is 0 Å². The summed E-state index contributed by atoms with van der Waals surface area (Å²) in [5, 5.41) is 5.85. The van der Waals surface area contributed by atoms with E-state index >= 15 is 0 Å². The summed E-state index contributed by atoms with van der Waals surface area (Å²) in [5.41, 5.74) is 2.89. The molecule has 154 valence electrons. The van der Waals surface area contributed by atoms with Gasteiger partial charge in [-0.25, -0.2) is 0 Å². The Bertz CT molecular complexity index is 919. The summed E-state index contributed by atoms with van der Waals surface area (Å²) in [6.45, 7) is 6.51. The second-order valence-electron chi connectivity index (χ2n) is 7.51. The van der Waals surface area contributed by atoms with Gasteiger partial charge in [-0.2, -0.15) is 0 Å². The topological polar surface area (TPSA) is 81.6 Å². The molecule has 2 aliphatic rings. The van der Waals surface area contributed by atoms with Gasteiger partial charge in [0.15, 0.2) is 0 Å². The minimum atomic E-state index is -0.172. The molecule has 2 aromatic rings. The standard InChI is InChI=1S/C21H25N3O4S/c1-13(2)15-10-18-21(26)23-17-9-14(3-4-19(17)29-24(18)11-15)20(25)22-6-5-16-12-27-7-8-28-16/h3-4,9-11,13,16H,5-8,12H2,1-2H3,(H,22,25)(H,23,26). The van der Waals surface area contributed by atoms with Crippen molar-refractivity contribution in [3.8, 4) is 0 Å². The number of anilines is 1. The van der Waals surface area contributed by atoms with Gasteiger partial charge in [-0.1, -0.05) is 13.8 Å². The summed E-state index contributed by atoms with van der Waals surface area (Å²) in [7, 11) is 0. The van der Waals surface area contributed by atoms with Gasteiger partial charge in [0.2, 0.25) is 0 Å². The highest BCUT2D eigenvalue weighted by Crippen LogP contribution is 2.35. The zero-order chi connectivity index (χ0) is 20.4. The van der Waals surface area contributed by atoms with Gasteiger partial charge in [0.25, 0.3) is 11.8 Å². The van der Waals surface area contributed by atoms with E-state index in [2.05, 4.69) is 24.5 Å².